The maximum absolute atomic E-state index is 14.1. The number of amides is 2. The van der Waals surface area contributed by atoms with E-state index in [-0.39, 0.29) is 39.8 Å². The Kier molecular flexibility index (Phi) is 6.11. The molecule has 0 radical (unpaired) electrons. The molecule has 41 heavy (non-hydrogen) atoms. The van der Waals surface area contributed by atoms with E-state index in [0.29, 0.717) is 11.2 Å². The third kappa shape index (κ3) is 4.30. The van der Waals surface area contributed by atoms with Gasteiger partial charge in [-0.25, -0.2) is 27.4 Å². The van der Waals surface area contributed by atoms with Crippen LogP contribution >= 0.6 is 0 Å². The van der Waals surface area contributed by atoms with Crippen molar-refractivity contribution in [3.8, 4) is 11.4 Å². The van der Waals surface area contributed by atoms with Crippen LogP contribution in [0, 0.1) is 23.3 Å². The Morgan fingerprint density at radius 1 is 0.976 bits per heavy atom. The average molecular weight is 564 g/mol. The summed E-state index contributed by atoms with van der Waals surface area (Å²) in [6, 6.07) is 7.34. The van der Waals surface area contributed by atoms with Crippen molar-refractivity contribution >= 4 is 34.2 Å². The first kappa shape index (κ1) is 25.9. The van der Waals surface area contributed by atoms with Gasteiger partial charge in [-0.15, -0.1) is 0 Å². The van der Waals surface area contributed by atoms with Gasteiger partial charge in [0, 0.05) is 30.4 Å². The van der Waals surface area contributed by atoms with Crippen LogP contribution < -0.4 is 15.8 Å². The first-order chi connectivity index (χ1) is 19.6. The third-order valence-electron chi connectivity index (χ3n) is 6.51. The number of nitrogens with one attached hydrogen (secondary N) is 3. The van der Waals surface area contributed by atoms with E-state index in [0.717, 1.165) is 4.90 Å². The van der Waals surface area contributed by atoms with Gasteiger partial charge in [0.25, 0.3) is 17.4 Å². The number of carbonyl (C=O) groups is 2. The summed E-state index contributed by atoms with van der Waals surface area (Å²) in [5.74, 6) is -7.76. The van der Waals surface area contributed by atoms with Crippen molar-refractivity contribution in [2.75, 3.05) is 10.2 Å². The summed E-state index contributed by atoms with van der Waals surface area (Å²) in [5, 5.41) is 13.0. The van der Waals surface area contributed by atoms with Crippen molar-refractivity contribution in [3.63, 3.8) is 0 Å². The lowest BCUT2D eigenvalue weighted by atomic mass is 10.1. The van der Waals surface area contributed by atoms with Crippen molar-refractivity contribution in [2.45, 2.75) is 12.6 Å². The monoisotopic (exact) mass is 564 g/mol. The van der Waals surface area contributed by atoms with E-state index in [9.17, 15) is 37.1 Å². The zero-order valence-corrected chi connectivity index (χ0v) is 20.5. The number of carbonyl (C=O) groups excluding carboxylic acids is 2. The predicted octanol–water partition coefficient (Wildman–Crippen LogP) is 3.64. The number of rotatable bonds is 6. The molecule has 0 fully saturated rings. The summed E-state index contributed by atoms with van der Waals surface area (Å²) < 4.78 is 55.4. The fourth-order valence-electron chi connectivity index (χ4n) is 4.64. The van der Waals surface area contributed by atoms with E-state index in [1.807, 2.05) is 0 Å². The number of hydrogen-bond donors (Lipinski definition) is 4. The smallest absolute Gasteiger partial charge is 0.266 e. The second-order valence-corrected chi connectivity index (χ2v) is 9.06. The Bertz CT molecular complexity index is 1860. The number of aromatic nitrogens is 4. The lowest BCUT2D eigenvalue weighted by molar-refractivity contribution is 0.0926. The summed E-state index contributed by atoms with van der Waals surface area (Å²) in [6.07, 6.45) is 1.43. The van der Waals surface area contributed by atoms with Crippen LogP contribution in [-0.2, 0) is 6.42 Å². The van der Waals surface area contributed by atoms with Gasteiger partial charge in [0.2, 0.25) is 0 Å². The molecule has 2 aromatic carbocycles. The van der Waals surface area contributed by atoms with Gasteiger partial charge in [-0.05, 0) is 30.3 Å². The molecule has 0 saturated carbocycles. The maximum Gasteiger partial charge on any atom is 0.266 e. The number of benzene rings is 2. The zero-order chi connectivity index (χ0) is 29.0. The fourth-order valence-corrected chi connectivity index (χ4v) is 4.64. The minimum absolute atomic E-state index is 0.0293. The van der Waals surface area contributed by atoms with Gasteiger partial charge >= 0.3 is 0 Å². The fraction of sp³-hybridized carbons (Fsp3) is 0.0741. The quantitative estimate of drug-likeness (QED) is 0.107. The number of aliphatic hydroxyl groups excluding tert-OH is 1. The molecule has 5 aromatic rings. The van der Waals surface area contributed by atoms with Gasteiger partial charge in [0.05, 0.1) is 39.7 Å². The third-order valence-corrected chi connectivity index (χ3v) is 6.51. The predicted molar refractivity (Wildman–Crippen MR) is 137 cm³/mol. The van der Waals surface area contributed by atoms with Gasteiger partial charge in [0.1, 0.15) is 17.6 Å². The molecule has 1 atom stereocenters. The van der Waals surface area contributed by atoms with E-state index in [2.05, 4.69) is 25.3 Å². The van der Waals surface area contributed by atoms with Gasteiger partial charge in [0.15, 0.2) is 23.3 Å². The van der Waals surface area contributed by atoms with Gasteiger partial charge < -0.3 is 20.4 Å². The summed E-state index contributed by atoms with van der Waals surface area (Å²) in [6.45, 7) is 0. The van der Waals surface area contributed by atoms with Crippen LogP contribution in [0.2, 0.25) is 0 Å². The first-order valence-electron chi connectivity index (χ1n) is 11.9. The Hall–Kier alpha value is -5.37. The number of hydrogen-bond acceptors (Lipinski definition) is 7. The molecule has 206 valence electrons. The number of imidazole rings is 1. The highest BCUT2D eigenvalue weighted by Gasteiger charge is 2.37. The number of aromatic amines is 2. The Morgan fingerprint density at radius 2 is 1.68 bits per heavy atom. The van der Waals surface area contributed by atoms with Gasteiger partial charge in [-0.2, -0.15) is 0 Å². The van der Waals surface area contributed by atoms with E-state index < -0.39 is 58.9 Å². The Labute approximate surface area is 226 Å². The van der Waals surface area contributed by atoms with E-state index in [1.54, 1.807) is 12.1 Å². The molecule has 0 aliphatic carbocycles. The molecule has 6 rings (SSSR count). The highest BCUT2D eigenvalue weighted by atomic mass is 19.2. The van der Waals surface area contributed by atoms with Crippen molar-refractivity contribution in [3.05, 3.63) is 105 Å². The topological polar surface area (TPSA) is 144 Å². The molecular weight excluding hydrogens is 548 g/mol. The van der Waals surface area contributed by atoms with E-state index in [1.165, 1.54) is 36.8 Å². The van der Waals surface area contributed by atoms with E-state index >= 15 is 0 Å². The SMILES string of the molecule is O=C1c2cc3nc(-c4c(N[C@@H](O)Cc5c(F)c(F)cc(F)c5F)cc[nH]c4=O)[nH]c3cc2C(=O)N1c1cccnc1. The molecule has 4 heterocycles. The number of H-pyrrole nitrogens is 2. The van der Waals surface area contributed by atoms with Crippen LogP contribution in [-0.4, -0.2) is 43.1 Å². The van der Waals surface area contributed by atoms with Crippen LogP contribution in [0.4, 0.5) is 28.9 Å². The number of nitrogens with zero attached hydrogens (tertiary/aromatic N) is 3. The molecule has 0 unspecified atom stereocenters. The lowest BCUT2D eigenvalue weighted by Gasteiger charge is -2.17. The van der Waals surface area contributed by atoms with Crippen LogP contribution in [0.5, 0.6) is 0 Å². The zero-order valence-electron chi connectivity index (χ0n) is 20.5. The van der Waals surface area contributed by atoms with Crippen LogP contribution in [0.3, 0.4) is 0 Å². The summed E-state index contributed by atoms with van der Waals surface area (Å²) >= 11 is 0. The van der Waals surface area contributed by atoms with Crippen molar-refractivity contribution < 1.29 is 32.3 Å². The van der Waals surface area contributed by atoms with Crippen LogP contribution in [0.1, 0.15) is 26.3 Å². The number of fused-ring (bicyclic) bond motifs is 2. The maximum atomic E-state index is 14.1. The highest BCUT2D eigenvalue weighted by Crippen LogP contribution is 2.32. The summed E-state index contributed by atoms with van der Waals surface area (Å²) in [5.41, 5.74) is -0.856. The second kappa shape index (κ2) is 9.67. The van der Waals surface area contributed by atoms with E-state index in [4.69, 9.17) is 0 Å². The standard InChI is InChI=1S/C27H16F4N6O4/c28-15-9-16(29)23(31)14(22(15)30)8-20(38)34-17-3-5-33-25(39)21(17)24-35-18-6-12-13(7-19(18)36-24)27(41)37(26(12)40)11-2-1-4-32-10-11/h1-7,9-10,20,38H,8H2,(H,35,36)(H2,33,34,39)/t20-/m0/s1. The molecule has 2 amide bonds. The molecule has 14 heteroatoms. The molecule has 3 aromatic heterocycles. The Balaban J connectivity index is 1.34. The summed E-state index contributed by atoms with van der Waals surface area (Å²) in [4.78, 5) is 53.5. The average Bonchev–Trinajstić information content (AvgIpc) is 3.46. The number of aliphatic hydroxyl groups is 1. The molecule has 0 spiro atoms. The van der Waals surface area contributed by atoms with Crippen molar-refractivity contribution in [1.29, 1.82) is 0 Å². The minimum Gasteiger partial charge on any atom is -0.373 e. The lowest BCUT2D eigenvalue weighted by Crippen LogP contribution is -2.29. The number of pyridine rings is 2. The number of imide groups is 1. The molecule has 0 saturated heterocycles. The summed E-state index contributed by atoms with van der Waals surface area (Å²) in [7, 11) is 0. The van der Waals surface area contributed by atoms with Crippen molar-refractivity contribution in [2.24, 2.45) is 0 Å². The van der Waals surface area contributed by atoms with Gasteiger partial charge in [-0.3, -0.25) is 19.4 Å². The normalized spacial score (nSPS) is 13.6. The molecule has 1 aliphatic heterocycles. The van der Waals surface area contributed by atoms with Crippen LogP contribution in [0.25, 0.3) is 22.4 Å². The molecule has 1 aliphatic rings. The Morgan fingerprint density at radius 3 is 2.37 bits per heavy atom. The number of halogens is 4. The highest BCUT2D eigenvalue weighted by molar-refractivity contribution is 6.35. The molecule has 4 N–H and O–H groups in total. The molecular formula is C27H16F4N6O4. The molecule has 0 bridgehead atoms. The second-order valence-electron chi connectivity index (χ2n) is 9.06. The van der Waals surface area contributed by atoms with Crippen molar-refractivity contribution in [1.82, 2.24) is 19.9 Å². The molecule has 10 nitrogen and oxygen atoms in total. The van der Waals surface area contributed by atoms with Crippen LogP contribution in [0.15, 0.2) is 59.8 Å². The minimum atomic E-state index is -1.79. The largest absolute Gasteiger partial charge is 0.373 e. The number of anilines is 2. The first-order valence-corrected chi connectivity index (χ1v) is 11.9. The van der Waals surface area contributed by atoms with Gasteiger partial charge in [-0.1, -0.05) is 0 Å².